The summed E-state index contributed by atoms with van der Waals surface area (Å²) < 4.78 is 0. The van der Waals surface area contributed by atoms with E-state index in [2.05, 4.69) is 0 Å². The predicted molar refractivity (Wildman–Crippen MR) is 32.0 cm³/mol. The van der Waals surface area contributed by atoms with Crippen molar-refractivity contribution in [2.75, 3.05) is 0 Å². The summed E-state index contributed by atoms with van der Waals surface area (Å²) in [7, 11) is 0. The zero-order valence-electron chi connectivity index (χ0n) is 7.25. The Bertz CT molecular complexity index is 115. The zero-order valence-corrected chi connectivity index (χ0v) is 8.19. The number of rotatable bonds is 0. The second-order valence-electron chi connectivity index (χ2n) is 1.47. The molecule has 0 aliphatic heterocycles. The van der Waals surface area contributed by atoms with Crippen LogP contribution in [0.4, 0.5) is 0 Å². The summed E-state index contributed by atoms with van der Waals surface area (Å²) in [5.74, 6) is -3.25. The normalized spacial score (nSPS) is 5.77. The van der Waals surface area contributed by atoms with E-state index in [9.17, 15) is 0 Å². The molecule has 0 amide bonds. The first-order valence-corrected chi connectivity index (χ1v) is 2.72. The Hall–Kier alpha value is -1.07. The van der Waals surface area contributed by atoms with Gasteiger partial charge in [-0.25, -0.2) is 0 Å². The molecule has 0 aliphatic rings. The van der Waals surface area contributed by atoms with E-state index in [0.717, 1.165) is 20.8 Å². The molecule has 0 saturated carbocycles. The number of hydrogen-bond acceptors (Lipinski definition) is 6. The molecule has 0 aromatic rings. The molecule has 0 saturated heterocycles. The van der Waals surface area contributed by atoms with Gasteiger partial charge in [0.15, 0.2) is 0 Å². The van der Waals surface area contributed by atoms with Crippen molar-refractivity contribution in [1.82, 2.24) is 0 Å². The van der Waals surface area contributed by atoms with E-state index in [1.54, 1.807) is 0 Å². The molecule has 0 bridgehead atoms. The Balaban J connectivity index is -0.0000000450. The molecule has 0 unspecified atom stereocenters. The van der Waals surface area contributed by atoms with Crippen LogP contribution < -0.4 is 15.3 Å². The van der Waals surface area contributed by atoms with E-state index in [1.807, 2.05) is 0 Å². The molecule has 0 heterocycles. The SMILES string of the molecule is CC(=O)[O-].CC(=O)[O-].CC(=O)[O-].[Cu+3]. The maximum Gasteiger partial charge on any atom is 3.00 e. The van der Waals surface area contributed by atoms with E-state index in [0.29, 0.717) is 0 Å². The summed E-state index contributed by atoms with van der Waals surface area (Å²) in [4.78, 5) is 26.7. The number of carboxylic acid groups (broad SMARTS) is 3. The minimum Gasteiger partial charge on any atom is -0.550 e. The standard InChI is InChI=1S/3C2H4O2.Cu/c3*1-2(3)4;/h3*1H3,(H,3,4);/q;;;+3/p-3. The molecule has 0 fully saturated rings. The van der Waals surface area contributed by atoms with Gasteiger partial charge in [-0.1, -0.05) is 0 Å². The van der Waals surface area contributed by atoms with E-state index in [-0.39, 0.29) is 17.1 Å². The van der Waals surface area contributed by atoms with E-state index in [1.165, 1.54) is 0 Å². The van der Waals surface area contributed by atoms with Crippen molar-refractivity contribution in [3.05, 3.63) is 0 Å². The van der Waals surface area contributed by atoms with Gasteiger partial charge in [0.1, 0.15) is 0 Å². The average molecular weight is 241 g/mol. The molecule has 0 atom stereocenters. The maximum absolute atomic E-state index is 8.89. The molecule has 0 aliphatic carbocycles. The van der Waals surface area contributed by atoms with Crippen LogP contribution in [0.3, 0.4) is 0 Å². The van der Waals surface area contributed by atoms with Crippen LogP contribution in [0.15, 0.2) is 0 Å². The van der Waals surface area contributed by atoms with Crippen LogP contribution in [0.5, 0.6) is 0 Å². The van der Waals surface area contributed by atoms with Crippen LogP contribution >= 0.6 is 0 Å². The van der Waals surface area contributed by atoms with Gasteiger partial charge in [-0.15, -0.1) is 0 Å². The number of carbonyl (C=O) groups is 3. The topological polar surface area (TPSA) is 120 Å². The zero-order chi connectivity index (χ0) is 10.7. The van der Waals surface area contributed by atoms with Gasteiger partial charge in [0.2, 0.25) is 0 Å². The minimum atomic E-state index is -1.08. The first-order chi connectivity index (χ1) is 5.20. The summed E-state index contributed by atoms with van der Waals surface area (Å²) in [5, 5.41) is 26.7. The summed E-state index contributed by atoms with van der Waals surface area (Å²) in [6.45, 7) is 2.92. The predicted octanol–water partition coefficient (Wildman–Crippen LogP) is -3.73. The van der Waals surface area contributed by atoms with Crippen LogP contribution in [-0.4, -0.2) is 17.9 Å². The summed E-state index contributed by atoms with van der Waals surface area (Å²) in [6.07, 6.45) is 0. The number of carboxylic acids is 3. The van der Waals surface area contributed by atoms with Gasteiger partial charge in [0, 0.05) is 17.9 Å². The Morgan fingerprint density at radius 3 is 0.692 bits per heavy atom. The largest absolute Gasteiger partial charge is 3.00 e. The molecule has 0 spiro atoms. The third kappa shape index (κ3) is 760. The fraction of sp³-hybridized carbons (Fsp3) is 0.500. The van der Waals surface area contributed by atoms with Crippen molar-refractivity contribution in [3.8, 4) is 0 Å². The first kappa shape index (κ1) is 22.7. The van der Waals surface area contributed by atoms with E-state index >= 15 is 0 Å². The Labute approximate surface area is 86.0 Å². The molecule has 6 nitrogen and oxygen atoms in total. The minimum absolute atomic E-state index is 0. The monoisotopic (exact) mass is 240 g/mol. The van der Waals surface area contributed by atoms with Crippen molar-refractivity contribution in [2.24, 2.45) is 0 Å². The Kier molecular flexibility index (Phi) is 29.9. The second-order valence-corrected chi connectivity index (χ2v) is 1.47. The third-order valence-electron chi connectivity index (χ3n) is 0. The second kappa shape index (κ2) is 17.1. The van der Waals surface area contributed by atoms with Gasteiger partial charge in [-0.2, -0.15) is 0 Å². The van der Waals surface area contributed by atoms with Gasteiger partial charge in [-0.05, 0) is 20.8 Å². The summed E-state index contributed by atoms with van der Waals surface area (Å²) in [6, 6.07) is 0. The van der Waals surface area contributed by atoms with Gasteiger partial charge < -0.3 is 29.7 Å². The quantitative estimate of drug-likeness (QED) is 0.401. The third-order valence-corrected chi connectivity index (χ3v) is 0. The van der Waals surface area contributed by atoms with Crippen molar-refractivity contribution < 1.29 is 46.8 Å². The average Bonchev–Trinajstić information content (AvgIpc) is 1.54. The smallest absolute Gasteiger partial charge is 0.550 e. The molecule has 0 radical (unpaired) electrons. The number of hydrogen-bond donors (Lipinski definition) is 0. The van der Waals surface area contributed by atoms with Gasteiger partial charge >= 0.3 is 17.1 Å². The molecule has 80 valence electrons. The van der Waals surface area contributed by atoms with Crippen LogP contribution in [0.2, 0.25) is 0 Å². The fourth-order valence-electron chi connectivity index (χ4n) is 0. The van der Waals surface area contributed by atoms with Crippen LogP contribution in [-0.2, 0) is 31.5 Å². The molecular weight excluding hydrogens is 232 g/mol. The Morgan fingerprint density at radius 1 is 0.692 bits per heavy atom. The maximum atomic E-state index is 8.89. The molecule has 0 rings (SSSR count). The number of aliphatic carboxylic acids is 3. The summed E-state index contributed by atoms with van der Waals surface area (Å²) in [5.41, 5.74) is 0. The van der Waals surface area contributed by atoms with Crippen LogP contribution in [0.1, 0.15) is 20.8 Å². The number of carbonyl (C=O) groups excluding carboxylic acids is 3. The van der Waals surface area contributed by atoms with Crippen LogP contribution in [0, 0.1) is 0 Å². The summed E-state index contributed by atoms with van der Waals surface area (Å²) >= 11 is 0. The first-order valence-electron chi connectivity index (χ1n) is 2.72. The van der Waals surface area contributed by atoms with Gasteiger partial charge in [-0.3, -0.25) is 0 Å². The van der Waals surface area contributed by atoms with E-state index in [4.69, 9.17) is 29.7 Å². The van der Waals surface area contributed by atoms with Crippen molar-refractivity contribution in [3.63, 3.8) is 0 Å². The van der Waals surface area contributed by atoms with Crippen molar-refractivity contribution in [2.45, 2.75) is 20.8 Å². The molecular formula is C6H9CuO6. The molecule has 13 heavy (non-hydrogen) atoms. The Morgan fingerprint density at radius 2 is 0.692 bits per heavy atom. The van der Waals surface area contributed by atoms with Crippen LogP contribution in [0.25, 0.3) is 0 Å². The fourth-order valence-corrected chi connectivity index (χ4v) is 0. The van der Waals surface area contributed by atoms with Crippen molar-refractivity contribution >= 4 is 17.9 Å². The van der Waals surface area contributed by atoms with Crippen molar-refractivity contribution in [1.29, 1.82) is 0 Å². The molecule has 0 aromatic heterocycles. The molecule has 0 aromatic carbocycles. The molecule has 7 heteroatoms. The van der Waals surface area contributed by atoms with Gasteiger partial charge in [0.25, 0.3) is 0 Å². The molecule has 0 N–H and O–H groups in total. The van der Waals surface area contributed by atoms with E-state index < -0.39 is 17.9 Å². The van der Waals surface area contributed by atoms with Gasteiger partial charge in [0.05, 0.1) is 0 Å².